The van der Waals surface area contributed by atoms with Crippen molar-refractivity contribution in [3.8, 4) is 0 Å². The molecule has 0 saturated carbocycles. The third-order valence-corrected chi connectivity index (χ3v) is 4.98. The molecule has 8 heteroatoms. The van der Waals surface area contributed by atoms with Crippen molar-refractivity contribution in [2.45, 2.75) is 51.7 Å². The fourth-order valence-electron chi connectivity index (χ4n) is 3.40. The van der Waals surface area contributed by atoms with E-state index >= 15 is 0 Å². The first-order valence-corrected chi connectivity index (χ1v) is 10.2. The molecule has 1 fully saturated rings. The van der Waals surface area contributed by atoms with Gasteiger partial charge in [0.25, 0.3) is 0 Å². The Bertz CT molecular complexity index is 916. The van der Waals surface area contributed by atoms with Crippen molar-refractivity contribution in [2.24, 2.45) is 0 Å². The minimum absolute atomic E-state index is 0.0638. The van der Waals surface area contributed by atoms with Crippen LogP contribution in [0.15, 0.2) is 30.5 Å². The number of carbonyl (C=O) groups is 2. The van der Waals surface area contributed by atoms with Gasteiger partial charge in [-0.3, -0.25) is 9.20 Å². The number of fused-ring (bicyclic) bond motifs is 1. The number of likely N-dealkylation sites (tertiary alicyclic amines) is 1. The van der Waals surface area contributed by atoms with E-state index in [1.807, 2.05) is 49.6 Å². The number of aromatic nitrogens is 2. The van der Waals surface area contributed by atoms with E-state index in [4.69, 9.17) is 16.3 Å². The van der Waals surface area contributed by atoms with E-state index in [0.717, 1.165) is 24.9 Å². The highest BCUT2D eigenvalue weighted by molar-refractivity contribution is 6.31. The summed E-state index contributed by atoms with van der Waals surface area (Å²) in [6.45, 7) is 6.48. The molecule has 2 aromatic rings. The summed E-state index contributed by atoms with van der Waals surface area (Å²) >= 11 is 6.23. The van der Waals surface area contributed by atoms with Gasteiger partial charge < -0.3 is 15.0 Å². The molecule has 3 rings (SSSR count). The first kappa shape index (κ1) is 21.2. The molecule has 0 aliphatic carbocycles. The Morgan fingerprint density at radius 3 is 2.90 bits per heavy atom. The number of pyridine rings is 1. The number of rotatable bonds is 4. The van der Waals surface area contributed by atoms with Crippen LogP contribution in [0, 0.1) is 0 Å². The lowest BCUT2D eigenvalue weighted by atomic mass is 10.0. The van der Waals surface area contributed by atoms with Crippen molar-refractivity contribution in [3.63, 3.8) is 0 Å². The Balaban J connectivity index is 1.67. The largest absolute Gasteiger partial charge is 0.444 e. The third-order valence-electron chi connectivity index (χ3n) is 4.70. The number of imidazole rings is 1. The normalized spacial score (nSPS) is 17.7. The molecule has 7 nitrogen and oxygen atoms in total. The lowest BCUT2D eigenvalue weighted by Crippen LogP contribution is -2.49. The number of nitrogens with one attached hydrogen (secondary N) is 1. The van der Waals surface area contributed by atoms with Gasteiger partial charge in [0.2, 0.25) is 5.91 Å². The predicted octanol–water partition coefficient (Wildman–Crippen LogP) is 3.91. The Morgan fingerprint density at radius 2 is 2.14 bits per heavy atom. The van der Waals surface area contributed by atoms with Gasteiger partial charge >= 0.3 is 6.09 Å². The van der Waals surface area contributed by atoms with Crippen molar-refractivity contribution in [1.82, 2.24) is 19.6 Å². The summed E-state index contributed by atoms with van der Waals surface area (Å²) in [4.78, 5) is 30.9. The standard InChI is InChI=1S/C21H27ClN4O3/c1-21(2,3)29-20(28)23-14-15-8-4-6-12-25(15)18(27)11-10-16-19(22)24-17-9-5-7-13-26(16)17/h5,7,9-11,13,15H,4,6,8,12,14H2,1-3H3,(H,23,28)/b11-10+. The number of ether oxygens (including phenoxy) is 1. The van der Waals surface area contributed by atoms with Crippen molar-refractivity contribution in [2.75, 3.05) is 13.1 Å². The van der Waals surface area contributed by atoms with Gasteiger partial charge in [-0.15, -0.1) is 0 Å². The molecule has 3 heterocycles. The first-order chi connectivity index (χ1) is 13.7. The zero-order chi connectivity index (χ0) is 21.0. The quantitative estimate of drug-likeness (QED) is 0.764. The topological polar surface area (TPSA) is 75.9 Å². The summed E-state index contributed by atoms with van der Waals surface area (Å²) in [5, 5.41) is 3.13. The van der Waals surface area contributed by atoms with Crippen molar-refractivity contribution in [1.29, 1.82) is 0 Å². The van der Waals surface area contributed by atoms with Crippen LogP contribution in [-0.4, -0.2) is 51.0 Å². The van der Waals surface area contributed by atoms with Crippen LogP contribution in [0.25, 0.3) is 11.7 Å². The van der Waals surface area contributed by atoms with Gasteiger partial charge in [-0.25, -0.2) is 9.78 Å². The molecule has 2 amide bonds. The summed E-state index contributed by atoms with van der Waals surface area (Å²) in [7, 11) is 0. The number of hydrogen-bond acceptors (Lipinski definition) is 4. The number of amides is 2. The minimum atomic E-state index is -0.553. The van der Waals surface area contributed by atoms with E-state index in [9.17, 15) is 9.59 Å². The molecule has 0 bridgehead atoms. The Morgan fingerprint density at radius 1 is 1.34 bits per heavy atom. The second-order valence-corrected chi connectivity index (χ2v) is 8.47. The Kier molecular flexibility index (Phi) is 6.47. The molecule has 0 spiro atoms. The van der Waals surface area contributed by atoms with Crippen molar-refractivity contribution in [3.05, 3.63) is 41.3 Å². The molecule has 1 saturated heterocycles. The molecular weight excluding hydrogens is 392 g/mol. The molecular formula is C21H27ClN4O3. The lowest BCUT2D eigenvalue weighted by Gasteiger charge is -2.35. The highest BCUT2D eigenvalue weighted by Gasteiger charge is 2.26. The van der Waals surface area contributed by atoms with Crippen LogP contribution in [0.3, 0.4) is 0 Å². The second kappa shape index (κ2) is 8.86. The maximum atomic E-state index is 12.8. The van der Waals surface area contributed by atoms with Crippen LogP contribution in [0.4, 0.5) is 4.79 Å². The highest BCUT2D eigenvalue weighted by Crippen LogP contribution is 2.21. The molecule has 0 aromatic carbocycles. The SMILES string of the molecule is CC(C)(C)OC(=O)NCC1CCCCN1C(=O)/C=C/c1c(Cl)nc2ccccn12. The Hall–Kier alpha value is -2.54. The first-order valence-electron chi connectivity index (χ1n) is 9.83. The number of alkyl carbamates (subject to hydrolysis) is 1. The van der Waals surface area contributed by atoms with Crippen LogP contribution in [0.5, 0.6) is 0 Å². The Labute approximate surface area is 175 Å². The molecule has 1 atom stereocenters. The van der Waals surface area contributed by atoms with Gasteiger partial charge in [0, 0.05) is 31.4 Å². The van der Waals surface area contributed by atoms with Gasteiger partial charge in [-0.05, 0) is 58.2 Å². The lowest BCUT2D eigenvalue weighted by molar-refractivity contribution is -0.129. The average Bonchev–Trinajstić information content (AvgIpc) is 2.98. The third kappa shape index (κ3) is 5.50. The van der Waals surface area contributed by atoms with E-state index in [1.165, 1.54) is 6.08 Å². The van der Waals surface area contributed by atoms with Gasteiger partial charge in [0.15, 0.2) is 5.15 Å². The summed E-state index contributed by atoms with van der Waals surface area (Å²) < 4.78 is 7.12. The maximum absolute atomic E-state index is 12.8. The molecule has 2 aromatic heterocycles. The molecule has 1 aliphatic rings. The molecule has 1 unspecified atom stereocenters. The van der Waals surface area contributed by atoms with E-state index in [1.54, 1.807) is 11.0 Å². The smallest absolute Gasteiger partial charge is 0.407 e. The van der Waals surface area contributed by atoms with Gasteiger partial charge in [0.1, 0.15) is 11.2 Å². The van der Waals surface area contributed by atoms with Crippen LogP contribution in [0.2, 0.25) is 5.15 Å². The van der Waals surface area contributed by atoms with Crippen molar-refractivity contribution >= 4 is 35.3 Å². The monoisotopic (exact) mass is 418 g/mol. The number of piperidine rings is 1. The number of halogens is 1. The fourth-order valence-corrected chi connectivity index (χ4v) is 3.64. The summed E-state index contributed by atoms with van der Waals surface area (Å²) in [6, 6.07) is 5.56. The van der Waals surface area contributed by atoms with Gasteiger partial charge in [-0.1, -0.05) is 17.7 Å². The maximum Gasteiger partial charge on any atom is 0.407 e. The second-order valence-electron chi connectivity index (χ2n) is 8.11. The number of nitrogens with zero attached hydrogens (tertiary/aromatic N) is 3. The fraction of sp³-hybridized carbons (Fsp3) is 0.476. The van der Waals surface area contributed by atoms with E-state index in [-0.39, 0.29) is 11.9 Å². The summed E-state index contributed by atoms with van der Waals surface area (Å²) in [5.41, 5.74) is 0.834. The number of carbonyl (C=O) groups excluding carboxylic acids is 2. The van der Waals surface area contributed by atoms with Crippen LogP contribution in [0.1, 0.15) is 45.7 Å². The van der Waals surface area contributed by atoms with Crippen LogP contribution >= 0.6 is 11.6 Å². The zero-order valence-corrected chi connectivity index (χ0v) is 17.8. The van der Waals surface area contributed by atoms with Gasteiger partial charge in [-0.2, -0.15) is 0 Å². The molecule has 0 radical (unpaired) electrons. The molecule has 156 valence electrons. The molecule has 29 heavy (non-hydrogen) atoms. The van der Waals surface area contributed by atoms with Crippen LogP contribution in [-0.2, 0) is 9.53 Å². The minimum Gasteiger partial charge on any atom is -0.444 e. The van der Waals surface area contributed by atoms with Gasteiger partial charge in [0.05, 0.1) is 5.69 Å². The van der Waals surface area contributed by atoms with Crippen molar-refractivity contribution < 1.29 is 14.3 Å². The van der Waals surface area contributed by atoms with E-state index in [2.05, 4.69) is 10.3 Å². The van der Waals surface area contributed by atoms with Crippen LogP contribution < -0.4 is 5.32 Å². The number of hydrogen-bond donors (Lipinski definition) is 1. The van der Waals surface area contributed by atoms with E-state index in [0.29, 0.717) is 23.9 Å². The van der Waals surface area contributed by atoms with E-state index < -0.39 is 11.7 Å². The summed E-state index contributed by atoms with van der Waals surface area (Å²) in [5.74, 6) is -0.109. The highest BCUT2D eigenvalue weighted by atomic mass is 35.5. The zero-order valence-electron chi connectivity index (χ0n) is 17.0. The molecule has 1 N–H and O–H groups in total. The predicted molar refractivity (Wildman–Crippen MR) is 113 cm³/mol. The summed E-state index contributed by atoms with van der Waals surface area (Å²) in [6.07, 6.45) is 7.40. The average molecular weight is 419 g/mol. The molecule has 1 aliphatic heterocycles.